The van der Waals surface area contributed by atoms with E-state index in [0.717, 1.165) is 36.2 Å². The number of ketones is 2. The first-order valence-corrected chi connectivity index (χ1v) is 12.9. The topological polar surface area (TPSA) is 67.3 Å². The van der Waals surface area contributed by atoms with E-state index in [4.69, 9.17) is 0 Å². The summed E-state index contributed by atoms with van der Waals surface area (Å²) in [5.74, 6) is -2.01. The molecule has 5 nitrogen and oxygen atoms in total. The Morgan fingerprint density at radius 1 is 1.03 bits per heavy atom. The zero-order valence-electron chi connectivity index (χ0n) is 20.8. The number of amides is 1. The molecule has 10 heteroatoms. The summed E-state index contributed by atoms with van der Waals surface area (Å²) in [5, 5.41) is -0.168. The fourth-order valence-corrected chi connectivity index (χ4v) is 5.51. The van der Waals surface area contributed by atoms with Gasteiger partial charge in [0.25, 0.3) is 0 Å². The van der Waals surface area contributed by atoms with Gasteiger partial charge >= 0.3 is 6.18 Å². The van der Waals surface area contributed by atoms with Crippen LogP contribution >= 0.6 is 11.3 Å². The van der Waals surface area contributed by atoms with E-state index in [1.807, 2.05) is 30.3 Å². The number of hydrogen-bond donors (Lipinski definition) is 0. The van der Waals surface area contributed by atoms with E-state index in [0.29, 0.717) is 24.4 Å². The van der Waals surface area contributed by atoms with Gasteiger partial charge in [0.15, 0.2) is 5.69 Å². The van der Waals surface area contributed by atoms with Gasteiger partial charge in [0.1, 0.15) is 21.5 Å². The van der Waals surface area contributed by atoms with Crippen LogP contribution < -0.4 is 0 Å². The molecule has 1 aliphatic rings. The zero-order chi connectivity index (χ0) is 27.7. The van der Waals surface area contributed by atoms with Gasteiger partial charge in [-0.15, -0.1) is 11.3 Å². The summed E-state index contributed by atoms with van der Waals surface area (Å²) >= 11 is 0.489. The number of thiazole rings is 1. The highest BCUT2D eigenvalue weighted by Crippen LogP contribution is 2.37. The van der Waals surface area contributed by atoms with Crippen molar-refractivity contribution in [2.45, 2.75) is 45.2 Å². The fourth-order valence-electron chi connectivity index (χ4n) is 4.47. The number of alkyl halides is 3. The summed E-state index contributed by atoms with van der Waals surface area (Å²) in [4.78, 5) is 43.5. The van der Waals surface area contributed by atoms with Crippen LogP contribution in [-0.2, 0) is 22.2 Å². The zero-order valence-corrected chi connectivity index (χ0v) is 21.7. The molecule has 3 aromatic rings. The quantitative estimate of drug-likeness (QED) is 0.254. The highest BCUT2D eigenvalue weighted by Gasteiger charge is 2.41. The van der Waals surface area contributed by atoms with Crippen molar-refractivity contribution in [2.75, 3.05) is 13.1 Å². The van der Waals surface area contributed by atoms with Gasteiger partial charge in [0, 0.05) is 36.4 Å². The van der Waals surface area contributed by atoms with E-state index >= 15 is 0 Å². The van der Waals surface area contributed by atoms with Crippen LogP contribution in [0.1, 0.15) is 64.1 Å². The first kappa shape index (κ1) is 27.6. The molecule has 4 rings (SSSR count). The van der Waals surface area contributed by atoms with Gasteiger partial charge in [0.2, 0.25) is 11.7 Å². The Hall–Kier alpha value is -3.40. The third kappa shape index (κ3) is 6.18. The van der Waals surface area contributed by atoms with Crippen LogP contribution in [0.3, 0.4) is 0 Å². The maximum atomic E-state index is 13.7. The molecule has 1 atom stereocenters. The molecule has 1 aliphatic heterocycles. The van der Waals surface area contributed by atoms with Crippen LogP contribution in [0.2, 0.25) is 0 Å². The van der Waals surface area contributed by atoms with Gasteiger partial charge < -0.3 is 4.90 Å². The van der Waals surface area contributed by atoms with Crippen molar-refractivity contribution in [1.82, 2.24) is 9.88 Å². The number of nitrogens with zero attached hydrogens (tertiary/aromatic N) is 2. The van der Waals surface area contributed by atoms with Crippen LogP contribution in [0, 0.1) is 11.2 Å². The number of hydrogen-bond acceptors (Lipinski definition) is 5. The summed E-state index contributed by atoms with van der Waals surface area (Å²) in [7, 11) is 0. The highest BCUT2D eigenvalue weighted by atomic mass is 32.1. The first-order chi connectivity index (χ1) is 17.8. The maximum absolute atomic E-state index is 13.7. The molecular weight excluding hydrogens is 520 g/mol. The molecule has 2 heterocycles. The largest absolute Gasteiger partial charge is 0.434 e. The van der Waals surface area contributed by atoms with Gasteiger partial charge in [-0.1, -0.05) is 44.2 Å². The average molecular weight is 547 g/mol. The van der Waals surface area contributed by atoms with Gasteiger partial charge in [0.05, 0.1) is 6.42 Å². The van der Waals surface area contributed by atoms with Crippen LogP contribution in [0.5, 0.6) is 0 Å². The van der Waals surface area contributed by atoms with Gasteiger partial charge in [-0.2, -0.15) is 13.2 Å². The van der Waals surface area contributed by atoms with E-state index in [9.17, 15) is 31.9 Å². The number of likely N-dealkylation sites (tertiary alicyclic amines) is 1. The minimum atomic E-state index is -4.92. The average Bonchev–Trinajstić information content (AvgIpc) is 3.52. The Morgan fingerprint density at radius 2 is 1.68 bits per heavy atom. The molecule has 2 aromatic carbocycles. The number of halogens is 4. The highest BCUT2D eigenvalue weighted by molar-refractivity contribution is 7.14. The summed E-state index contributed by atoms with van der Waals surface area (Å²) < 4.78 is 54.2. The van der Waals surface area contributed by atoms with Crippen molar-refractivity contribution in [1.29, 1.82) is 0 Å². The molecule has 1 fully saturated rings. The minimum absolute atomic E-state index is 0.0911. The van der Waals surface area contributed by atoms with Crippen molar-refractivity contribution in [3.63, 3.8) is 0 Å². The second kappa shape index (κ2) is 10.8. The number of carbonyl (C=O) groups is 3. The van der Waals surface area contributed by atoms with E-state index in [1.54, 1.807) is 18.7 Å². The maximum Gasteiger partial charge on any atom is 0.434 e. The van der Waals surface area contributed by atoms with Crippen LogP contribution in [0.15, 0.2) is 54.6 Å². The smallest absolute Gasteiger partial charge is 0.342 e. The third-order valence-corrected chi connectivity index (χ3v) is 7.78. The molecular formula is C28H26F4N2O3S. The molecule has 200 valence electrons. The summed E-state index contributed by atoms with van der Waals surface area (Å²) in [5.41, 5.74) is -1.50. The SMILES string of the molecule is CC(C)(CC(=O)N1CC[C@H](c2ccccc2)C1)C(=O)Cc1nc(C(F)(F)F)c(C(=O)c2ccc(F)cc2)s1. The van der Waals surface area contributed by atoms with Gasteiger partial charge in [-0.05, 0) is 36.2 Å². The Labute approximate surface area is 221 Å². The molecule has 1 aromatic heterocycles. The summed E-state index contributed by atoms with van der Waals surface area (Å²) in [6.07, 6.45) is -4.64. The van der Waals surface area contributed by atoms with Crippen LogP contribution in [-0.4, -0.2) is 40.4 Å². The second-order valence-corrected chi connectivity index (χ2v) is 11.1. The standard InChI is InChI=1S/C28H26F4N2O3S/c1-27(2,15-23(36)34-13-12-19(16-34)17-6-4-3-5-7-17)21(35)14-22-33-26(28(30,31)32)25(38-22)24(37)18-8-10-20(29)11-9-18/h3-11,19H,12-16H2,1-2H3/t19-/m0/s1. The monoisotopic (exact) mass is 546 g/mol. The Morgan fingerprint density at radius 3 is 2.32 bits per heavy atom. The number of benzene rings is 2. The van der Waals surface area contributed by atoms with Crippen LogP contribution in [0.4, 0.5) is 17.6 Å². The van der Waals surface area contributed by atoms with E-state index in [2.05, 4.69) is 4.98 Å². The van der Waals surface area contributed by atoms with Gasteiger partial charge in [-0.25, -0.2) is 9.37 Å². The second-order valence-electron chi connectivity index (χ2n) is 10.0. The third-order valence-electron chi connectivity index (χ3n) is 6.72. The molecule has 0 saturated carbocycles. The molecule has 0 aliphatic carbocycles. The van der Waals surface area contributed by atoms with Crippen molar-refractivity contribution >= 4 is 28.8 Å². The predicted octanol–water partition coefficient (Wildman–Crippen LogP) is 6.08. The Balaban J connectivity index is 1.45. The lowest BCUT2D eigenvalue weighted by Gasteiger charge is -2.25. The van der Waals surface area contributed by atoms with Crippen molar-refractivity contribution in [2.24, 2.45) is 5.41 Å². The minimum Gasteiger partial charge on any atom is -0.342 e. The lowest BCUT2D eigenvalue weighted by atomic mass is 9.82. The molecule has 0 unspecified atom stereocenters. The molecule has 1 saturated heterocycles. The molecule has 0 spiro atoms. The van der Waals surface area contributed by atoms with Crippen molar-refractivity contribution in [3.8, 4) is 0 Å². The summed E-state index contributed by atoms with van der Waals surface area (Å²) in [6, 6.07) is 14.0. The van der Waals surface area contributed by atoms with E-state index in [-0.39, 0.29) is 28.8 Å². The van der Waals surface area contributed by atoms with Crippen LogP contribution in [0.25, 0.3) is 0 Å². The lowest BCUT2D eigenvalue weighted by molar-refractivity contribution is -0.141. The molecule has 1 amide bonds. The van der Waals surface area contributed by atoms with Crippen molar-refractivity contribution in [3.05, 3.63) is 87.1 Å². The van der Waals surface area contributed by atoms with Gasteiger partial charge in [-0.3, -0.25) is 14.4 Å². The number of Topliss-reactive ketones (excluding diaryl/α,β-unsaturated/α-hetero) is 1. The molecule has 0 bridgehead atoms. The summed E-state index contributed by atoms with van der Waals surface area (Å²) in [6.45, 7) is 4.28. The number of rotatable bonds is 8. The fraction of sp³-hybridized carbons (Fsp3) is 0.357. The molecule has 38 heavy (non-hydrogen) atoms. The number of aromatic nitrogens is 1. The lowest BCUT2D eigenvalue weighted by Crippen LogP contribution is -2.36. The Bertz CT molecular complexity index is 1330. The molecule has 0 radical (unpaired) electrons. The Kier molecular flexibility index (Phi) is 7.83. The van der Waals surface area contributed by atoms with Crippen molar-refractivity contribution < 1.29 is 31.9 Å². The first-order valence-electron chi connectivity index (χ1n) is 12.1. The predicted molar refractivity (Wildman–Crippen MR) is 134 cm³/mol. The van der Waals surface area contributed by atoms with E-state index < -0.39 is 46.0 Å². The normalized spacial score (nSPS) is 16.1. The van der Waals surface area contributed by atoms with E-state index in [1.165, 1.54) is 0 Å². The number of carbonyl (C=O) groups excluding carboxylic acids is 3. The molecule has 0 N–H and O–H groups in total.